The number of carbonyl (C=O) groups is 3. The fourth-order valence-electron chi connectivity index (χ4n) is 4.92. The van der Waals surface area contributed by atoms with Crippen molar-refractivity contribution in [2.24, 2.45) is 5.92 Å². The summed E-state index contributed by atoms with van der Waals surface area (Å²) in [6.45, 7) is -2.29. The molecular formula is C21H24F2N2O4. The average molecular weight is 406 g/mol. The molecule has 0 saturated carbocycles. The number of alkyl halides is 2. The predicted molar refractivity (Wildman–Crippen MR) is 99.6 cm³/mol. The summed E-state index contributed by atoms with van der Waals surface area (Å²) in [7, 11) is 0. The first-order valence-corrected chi connectivity index (χ1v) is 10.1. The van der Waals surface area contributed by atoms with Crippen LogP contribution in [0.3, 0.4) is 0 Å². The Labute approximate surface area is 167 Å². The molecule has 0 aromatic heterocycles. The number of likely N-dealkylation sites (tertiary alicyclic amines) is 1. The number of piperidine rings is 2. The van der Waals surface area contributed by atoms with Gasteiger partial charge in [-0.15, -0.1) is 0 Å². The van der Waals surface area contributed by atoms with E-state index in [9.17, 15) is 23.2 Å². The molecule has 4 rings (SSSR count). The van der Waals surface area contributed by atoms with Gasteiger partial charge in [-0.2, -0.15) is 8.78 Å². The minimum atomic E-state index is -3.02. The van der Waals surface area contributed by atoms with E-state index >= 15 is 0 Å². The van der Waals surface area contributed by atoms with E-state index in [1.807, 2.05) is 4.90 Å². The predicted octanol–water partition coefficient (Wildman–Crippen LogP) is 2.86. The van der Waals surface area contributed by atoms with Gasteiger partial charge in [0.05, 0.1) is 11.5 Å². The number of ketones is 1. The molecule has 3 unspecified atom stereocenters. The van der Waals surface area contributed by atoms with Crippen LogP contribution in [-0.2, 0) is 9.59 Å². The van der Waals surface area contributed by atoms with E-state index in [4.69, 9.17) is 0 Å². The quantitative estimate of drug-likeness (QED) is 0.771. The Morgan fingerprint density at radius 3 is 2.45 bits per heavy atom. The second kappa shape index (κ2) is 8.08. The molecule has 0 aliphatic carbocycles. The van der Waals surface area contributed by atoms with E-state index in [0.717, 1.165) is 12.8 Å². The van der Waals surface area contributed by atoms with Crippen molar-refractivity contribution in [3.63, 3.8) is 0 Å². The zero-order valence-electron chi connectivity index (χ0n) is 16.1. The number of halogens is 2. The van der Waals surface area contributed by atoms with Gasteiger partial charge < -0.3 is 14.5 Å². The van der Waals surface area contributed by atoms with Crippen LogP contribution in [0.5, 0.6) is 5.75 Å². The smallest absolute Gasteiger partial charge is 0.387 e. The lowest BCUT2D eigenvalue weighted by Crippen LogP contribution is -2.52. The van der Waals surface area contributed by atoms with Crippen LogP contribution in [0.4, 0.5) is 8.78 Å². The largest absolute Gasteiger partial charge is 0.434 e. The molecule has 0 radical (unpaired) electrons. The van der Waals surface area contributed by atoms with Crippen molar-refractivity contribution in [3.05, 3.63) is 29.8 Å². The molecule has 3 aliphatic rings. The number of rotatable bonds is 4. The number of hydrogen-bond acceptors (Lipinski definition) is 4. The van der Waals surface area contributed by atoms with Gasteiger partial charge in [0, 0.05) is 38.0 Å². The molecule has 6 nitrogen and oxygen atoms in total. The molecule has 156 valence electrons. The molecule has 1 aromatic carbocycles. The van der Waals surface area contributed by atoms with Crippen LogP contribution in [0.1, 0.15) is 48.9 Å². The number of nitrogens with zero attached hydrogens (tertiary/aromatic N) is 2. The van der Waals surface area contributed by atoms with Crippen molar-refractivity contribution in [2.45, 2.75) is 57.2 Å². The number of Topliss-reactive ketones (excluding diaryl/α,β-unsaturated/α-hetero) is 1. The number of fused-ring (bicyclic) bond motifs is 2. The lowest BCUT2D eigenvalue weighted by molar-refractivity contribution is -0.143. The molecule has 3 atom stereocenters. The first-order valence-electron chi connectivity index (χ1n) is 10.1. The molecule has 0 spiro atoms. The third kappa shape index (κ3) is 3.97. The van der Waals surface area contributed by atoms with Gasteiger partial charge in [0.25, 0.3) is 5.91 Å². The molecule has 3 aliphatic heterocycles. The van der Waals surface area contributed by atoms with Gasteiger partial charge in [-0.3, -0.25) is 14.4 Å². The van der Waals surface area contributed by atoms with Crippen LogP contribution in [0, 0.1) is 5.92 Å². The van der Waals surface area contributed by atoms with E-state index < -0.39 is 12.5 Å². The maximum atomic E-state index is 13.2. The molecule has 1 aromatic rings. The monoisotopic (exact) mass is 406 g/mol. The van der Waals surface area contributed by atoms with E-state index in [2.05, 4.69) is 4.74 Å². The third-order valence-corrected chi connectivity index (χ3v) is 6.19. The number of amides is 2. The van der Waals surface area contributed by atoms with Crippen LogP contribution < -0.4 is 4.74 Å². The number of carbonyl (C=O) groups excluding carboxylic acids is 3. The summed E-state index contributed by atoms with van der Waals surface area (Å²) in [6.07, 6.45) is 3.92. The van der Waals surface area contributed by atoms with E-state index in [1.54, 1.807) is 11.0 Å². The third-order valence-electron chi connectivity index (χ3n) is 6.19. The second-order valence-corrected chi connectivity index (χ2v) is 8.04. The molecular weight excluding hydrogens is 382 g/mol. The summed E-state index contributed by atoms with van der Waals surface area (Å²) in [6, 6.07) is 5.90. The molecule has 29 heavy (non-hydrogen) atoms. The van der Waals surface area contributed by atoms with Gasteiger partial charge in [0.15, 0.2) is 0 Å². The second-order valence-electron chi connectivity index (χ2n) is 8.04. The van der Waals surface area contributed by atoms with Gasteiger partial charge in [-0.1, -0.05) is 12.1 Å². The van der Waals surface area contributed by atoms with Crippen molar-refractivity contribution in [1.29, 1.82) is 0 Å². The molecule has 8 heteroatoms. The number of para-hydroxylation sites is 1. The number of hydrogen-bond donors (Lipinski definition) is 0. The lowest BCUT2D eigenvalue weighted by Gasteiger charge is -2.39. The first-order chi connectivity index (χ1) is 13.9. The molecule has 3 heterocycles. The number of ether oxygens (including phenoxy) is 1. The summed E-state index contributed by atoms with van der Waals surface area (Å²) in [5.41, 5.74) is 0.0736. The van der Waals surface area contributed by atoms with Crippen LogP contribution in [-0.4, -0.2) is 59.2 Å². The van der Waals surface area contributed by atoms with Gasteiger partial charge in [0.1, 0.15) is 11.5 Å². The van der Waals surface area contributed by atoms with Crippen LogP contribution in [0.15, 0.2) is 24.3 Å². The molecule has 3 fully saturated rings. The van der Waals surface area contributed by atoms with E-state index in [-0.39, 0.29) is 47.5 Å². The minimum absolute atomic E-state index is 0.0135. The van der Waals surface area contributed by atoms with Crippen molar-refractivity contribution in [1.82, 2.24) is 9.80 Å². The normalized spacial score (nSPS) is 26.7. The summed E-state index contributed by atoms with van der Waals surface area (Å²) in [4.78, 5) is 41.4. The van der Waals surface area contributed by atoms with Crippen LogP contribution in [0.25, 0.3) is 0 Å². The van der Waals surface area contributed by atoms with Crippen molar-refractivity contribution < 1.29 is 27.9 Å². The Morgan fingerprint density at radius 2 is 1.76 bits per heavy atom. The SMILES string of the molecule is O=C1CC2CCC(C1)N2C(=O)C1CCCN(C(=O)c2ccccc2OC(F)F)C1. The highest BCUT2D eigenvalue weighted by atomic mass is 19.3. The molecule has 2 amide bonds. The van der Waals surface area contributed by atoms with Crippen LogP contribution >= 0.6 is 0 Å². The standard InChI is InChI=1S/C21H24F2N2O4/c22-21(23)29-18-6-2-1-5-17(18)20(28)24-9-3-4-13(12-24)19(27)25-14-7-8-15(25)11-16(26)10-14/h1-2,5-6,13-15,21H,3-4,7-12H2. The highest BCUT2D eigenvalue weighted by Gasteiger charge is 2.45. The van der Waals surface area contributed by atoms with E-state index in [0.29, 0.717) is 32.2 Å². The lowest BCUT2D eigenvalue weighted by atomic mass is 9.92. The Morgan fingerprint density at radius 1 is 1.07 bits per heavy atom. The van der Waals surface area contributed by atoms with Crippen molar-refractivity contribution in [2.75, 3.05) is 13.1 Å². The van der Waals surface area contributed by atoms with Gasteiger partial charge >= 0.3 is 6.61 Å². The maximum Gasteiger partial charge on any atom is 0.387 e. The van der Waals surface area contributed by atoms with Gasteiger partial charge in [-0.05, 0) is 37.8 Å². The summed E-state index contributed by atoms with van der Waals surface area (Å²) >= 11 is 0. The zero-order chi connectivity index (χ0) is 20.5. The Hall–Kier alpha value is -2.51. The van der Waals surface area contributed by atoms with Crippen molar-refractivity contribution >= 4 is 17.6 Å². The Kier molecular flexibility index (Phi) is 5.52. The molecule has 0 N–H and O–H groups in total. The van der Waals surface area contributed by atoms with Crippen LogP contribution in [0.2, 0.25) is 0 Å². The van der Waals surface area contributed by atoms with Gasteiger partial charge in [0.2, 0.25) is 5.91 Å². The topological polar surface area (TPSA) is 66.9 Å². The summed E-state index contributed by atoms with van der Waals surface area (Å²) in [5, 5.41) is 0. The van der Waals surface area contributed by atoms with E-state index in [1.165, 1.54) is 18.2 Å². The first kappa shape index (κ1) is 19.8. The number of benzene rings is 1. The Balaban J connectivity index is 1.47. The zero-order valence-corrected chi connectivity index (χ0v) is 16.1. The highest BCUT2D eigenvalue weighted by molar-refractivity contribution is 5.97. The molecule has 3 saturated heterocycles. The molecule has 2 bridgehead atoms. The Bertz CT molecular complexity index is 800. The van der Waals surface area contributed by atoms with Crippen molar-refractivity contribution in [3.8, 4) is 5.75 Å². The fourth-order valence-corrected chi connectivity index (χ4v) is 4.92. The van der Waals surface area contributed by atoms with Gasteiger partial charge in [-0.25, -0.2) is 0 Å². The fraction of sp³-hybridized carbons (Fsp3) is 0.571. The highest BCUT2D eigenvalue weighted by Crippen LogP contribution is 2.36. The summed E-state index contributed by atoms with van der Waals surface area (Å²) < 4.78 is 29.8. The average Bonchev–Trinajstić information content (AvgIpc) is 2.98. The minimum Gasteiger partial charge on any atom is -0.434 e. The maximum absolute atomic E-state index is 13.2. The summed E-state index contributed by atoms with van der Waals surface area (Å²) in [5.74, 6) is -0.659.